The van der Waals surface area contributed by atoms with Crippen LogP contribution in [-0.2, 0) is 16.1 Å². The summed E-state index contributed by atoms with van der Waals surface area (Å²) in [7, 11) is 1.75. The number of carboxylic acid groups (broad SMARTS) is 1. The van der Waals surface area contributed by atoms with Crippen molar-refractivity contribution in [3.05, 3.63) is 18.1 Å². The molecule has 1 aliphatic rings. The third-order valence-electron chi connectivity index (χ3n) is 6.24. The molecule has 1 aliphatic carbocycles. The van der Waals surface area contributed by atoms with Gasteiger partial charge in [0.25, 0.3) is 0 Å². The zero-order chi connectivity index (χ0) is 24.1. The molecule has 0 atom stereocenters. The maximum Gasteiger partial charge on any atom is 0.325 e. The molecule has 184 valence electrons. The van der Waals surface area contributed by atoms with Crippen LogP contribution in [0.3, 0.4) is 0 Å². The van der Waals surface area contributed by atoms with Gasteiger partial charge in [0.05, 0.1) is 29.6 Å². The van der Waals surface area contributed by atoms with Crippen molar-refractivity contribution in [3.63, 3.8) is 0 Å². The van der Waals surface area contributed by atoms with Gasteiger partial charge in [-0.2, -0.15) is 19.4 Å². The second kappa shape index (κ2) is 11.1. The van der Waals surface area contributed by atoms with Crippen molar-refractivity contribution < 1.29 is 14.6 Å². The van der Waals surface area contributed by atoms with Crippen molar-refractivity contribution in [2.24, 2.45) is 0 Å². The van der Waals surface area contributed by atoms with Crippen LogP contribution in [0, 0.1) is 6.92 Å². The van der Waals surface area contributed by atoms with Gasteiger partial charge in [-0.15, -0.1) is 0 Å². The molecule has 0 saturated heterocycles. The molecule has 3 N–H and O–H groups in total. The number of carbonyl (C=O) groups is 1. The Hall–Kier alpha value is -2.83. The summed E-state index contributed by atoms with van der Waals surface area (Å²) in [6.45, 7) is 6.76. The van der Waals surface area contributed by atoms with E-state index in [2.05, 4.69) is 36.9 Å². The van der Waals surface area contributed by atoms with Gasteiger partial charge in [0, 0.05) is 31.9 Å². The summed E-state index contributed by atoms with van der Waals surface area (Å²) in [5.41, 5.74) is 1.54. The Morgan fingerprint density at radius 1 is 1.32 bits per heavy atom. The Kier molecular flexibility index (Phi) is 7.91. The van der Waals surface area contributed by atoms with Crippen LogP contribution < -0.4 is 10.6 Å². The fourth-order valence-electron chi connectivity index (χ4n) is 4.52. The molecule has 0 aromatic carbocycles. The lowest BCUT2D eigenvalue weighted by Gasteiger charge is -2.36. The number of rotatable bonds is 11. The highest BCUT2D eigenvalue weighted by Crippen LogP contribution is 2.32. The third kappa shape index (κ3) is 5.80. The fraction of sp³-hybridized carbons (Fsp3) is 0.591. The quantitative estimate of drug-likeness (QED) is 0.370. The van der Waals surface area contributed by atoms with E-state index in [1.165, 1.54) is 16.2 Å². The lowest BCUT2D eigenvalue weighted by atomic mass is 9.90. The molecule has 0 bridgehead atoms. The highest BCUT2D eigenvalue weighted by molar-refractivity contribution is 7.13. The fourth-order valence-corrected chi connectivity index (χ4v) is 5.30. The number of nitrogens with zero attached hydrogens (tertiary/aromatic N) is 6. The molecule has 1 fully saturated rings. The van der Waals surface area contributed by atoms with Gasteiger partial charge in [-0.3, -0.25) is 14.4 Å². The third-order valence-corrected chi connectivity index (χ3v) is 7.07. The average molecular weight is 489 g/mol. The summed E-state index contributed by atoms with van der Waals surface area (Å²) < 4.78 is 11.1. The first-order chi connectivity index (χ1) is 16.5. The van der Waals surface area contributed by atoms with Crippen molar-refractivity contribution in [3.8, 4) is 0 Å². The van der Waals surface area contributed by atoms with E-state index in [9.17, 15) is 4.79 Å². The van der Waals surface area contributed by atoms with Crippen molar-refractivity contribution in [2.75, 3.05) is 37.4 Å². The molecule has 34 heavy (non-hydrogen) atoms. The predicted molar refractivity (Wildman–Crippen MR) is 132 cm³/mol. The van der Waals surface area contributed by atoms with Crippen LogP contribution in [-0.4, -0.2) is 79.0 Å². The minimum Gasteiger partial charge on any atom is -0.480 e. The first kappa shape index (κ1) is 24.3. The van der Waals surface area contributed by atoms with E-state index < -0.39 is 5.97 Å². The van der Waals surface area contributed by atoms with E-state index in [0.717, 1.165) is 67.1 Å². The van der Waals surface area contributed by atoms with E-state index in [0.29, 0.717) is 23.7 Å². The second-order valence-corrected chi connectivity index (χ2v) is 9.31. The SMILES string of the molecule is CCN(CCOC)C1CCC(Nc2nc(Nc3cnn(CC(=O)O)c3)nc3snc(C)c23)CC1. The lowest BCUT2D eigenvalue weighted by Crippen LogP contribution is -2.42. The molecule has 0 unspecified atom stereocenters. The van der Waals surface area contributed by atoms with Gasteiger partial charge in [0.2, 0.25) is 5.95 Å². The highest BCUT2D eigenvalue weighted by atomic mass is 32.1. The molecule has 0 radical (unpaired) electrons. The number of carboxylic acids is 1. The molecule has 11 nitrogen and oxygen atoms in total. The maximum absolute atomic E-state index is 10.9. The predicted octanol–water partition coefficient (Wildman–Crippen LogP) is 3.11. The minimum atomic E-state index is -0.950. The van der Waals surface area contributed by atoms with Crippen LogP contribution in [0.2, 0.25) is 0 Å². The summed E-state index contributed by atoms with van der Waals surface area (Å²) in [6, 6.07) is 0.925. The molecule has 4 rings (SSSR count). The highest BCUT2D eigenvalue weighted by Gasteiger charge is 2.26. The number of likely N-dealkylation sites (N-methyl/N-ethyl adjacent to an activating group) is 1. The molecule has 12 heteroatoms. The van der Waals surface area contributed by atoms with Crippen molar-refractivity contribution in [1.29, 1.82) is 0 Å². The number of hydrogen-bond donors (Lipinski definition) is 3. The molecule has 0 amide bonds. The van der Waals surface area contributed by atoms with Crippen LogP contribution in [0.25, 0.3) is 10.2 Å². The topological polar surface area (TPSA) is 130 Å². The van der Waals surface area contributed by atoms with Gasteiger partial charge < -0.3 is 20.5 Å². The Labute approximate surface area is 202 Å². The molecule has 3 aromatic heterocycles. The maximum atomic E-state index is 10.9. The van der Waals surface area contributed by atoms with E-state index >= 15 is 0 Å². The van der Waals surface area contributed by atoms with Crippen molar-refractivity contribution in [1.82, 2.24) is 29.0 Å². The number of hydrogen-bond acceptors (Lipinski definition) is 10. The zero-order valence-electron chi connectivity index (χ0n) is 19.8. The van der Waals surface area contributed by atoms with Gasteiger partial charge in [-0.1, -0.05) is 6.92 Å². The summed E-state index contributed by atoms with van der Waals surface area (Å²) in [5, 5.41) is 20.8. The normalized spacial score (nSPS) is 18.5. The number of ether oxygens (including phenoxy) is 1. The van der Waals surface area contributed by atoms with E-state index in [1.54, 1.807) is 19.5 Å². The summed E-state index contributed by atoms with van der Waals surface area (Å²) in [4.78, 5) is 23.6. The number of fused-ring (bicyclic) bond motifs is 1. The van der Waals surface area contributed by atoms with Crippen LogP contribution in [0.1, 0.15) is 38.3 Å². The molecule has 0 spiro atoms. The summed E-state index contributed by atoms with van der Waals surface area (Å²) >= 11 is 1.35. The van der Waals surface area contributed by atoms with Gasteiger partial charge in [0.1, 0.15) is 12.4 Å². The monoisotopic (exact) mass is 488 g/mol. The smallest absolute Gasteiger partial charge is 0.325 e. The molecule has 0 aliphatic heterocycles. The van der Waals surface area contributed by atoms with Crippen LogP contribution in [0.5, 0.6) is 0 Å². The Balaban J connectivity index is 1.46. The standard InChI is InChI=1S/C22H32N8O3S/c1-4-29(9-10-33-3)17-7-5-15(6-8-17)24-20-19-14(2)28-34-21(19)27-22(26-20)25-16-11-23-30(12-16)13-18(31)32/h11-12,15,17H,4-10,13H2,1-3H3,(H,31,32)(H2,24,25,26,27). The lowest BCUT2D eigenvalue weighted by molar-refractivity contribution is -0.137. The molecule has 1 saturated carbocycles. The zero-order valence-corrected chi connectivity index (χ0v) is 20.6. The van der Waals surface area contributed by atoms with Gasteiger partial charge in [-0.25, -0.2) is 0 Å². The molecular formula is C22H32N8O3S. The Bertz CT molecular complexity index is 1110. The van der Waals surface area contributed by atoms with Crippen molar-refractivity contribution >= 4 is 45.2 Å². The average Bonchev–Trinajstić information content (AvgIpc) is 3.41. The molecule has 3 aromatic rings. The summed E-state index contributed by atoms with van der Waals surface area (Å²) in [5.74, 6) is 0.264. The summed E-state index contributed by atoms with van der Waals surface area (Å²) in [6.07, 6.45) is 7.60. The van der Waals surface area contributed by atoms with Gasteiger partial charge in [0.15, 0.2) is 4.83 Å². The number of nitrogens with one attached hydrogen (secondary N) is 2. The number of methoxy groups -OCH3 is 1. The largest absolute Gasteiger partial charge is 0.480 e. The first-order valence-electron chi connectivity index (χ1n) is 11.6. The minimum absolute atomic E-state index is 0.202. The van der Waals surface area contributed by atoms with E-state index in [1.807, 2.05) is 6.92 Å². The Morgan fingerprint density at radius 2 is 2.12 bits per heavy atom. The van der Waals surface area contributed by atoms with Crippen molar-refractivity contribution in [2.45, 2.75) is 58.2 Å². The van der Waals surface area contributed by atoms with Crippen LogP contribution >= 0.6 is 11.5 Å². The number of anilines is 3. The first-order valence-corrected chi connectivity index (χ1v) is 12.4. The van der Waals surface area contributed by atoms with Gasteiger partial charge >= 0.3 is 5.97 Å². The molecular weight excluding hydrogens is 456 g/mol. The number of aromatic nitrogens is 5. The van der Waals surface area contributed by atoms with Gasteiger partial charge in [-0.05, 0) is 50.7 Å². The second-order valence-electron chi connectivity index (χ2n) is 8.56. The molecule has 3 heterocycles. The van der Waals surface area contributed by atoms with Crippen LogP contribution in [0.15, 0.2) is 12.4 Å². The van der Waals surface area contributed by atoms with Crippen LogP contribution in [0.4, 0.5) is 17.5 Å². The Morgan fingerprint density at radius 3 is 2.82 bits per heavy atom. The van der Waals surface area contributed by atoms with E-state index in [-0.39, 0.29) is 6.54 Å². The van der Waals surface area contributed by atoms with E-state index in [4.69, 9.17) is 14.8 Å². The number of aliphatic carboxylic acids is 1. The number of aryl methyl sites for hydroxylation is 1.